The minimum atomic E-state index is -0.520. The SMILES string of the molecule is Cc1c(OC(=O)CCl)ccc(Cl)c1Cl. The van der Waals surface area contributed by atoms with Crippen molar-refractivity contribution < 1.29 is 9.53 Å². The normalized spacial score (nSPS) is 10.0. The van der Waals surface area contributed by atoms with Gasteiger partial charge in [-0.1, -0.05) is 23.2 Å². The van der Waals surface area contributed by atoms with Gasteiger partial charge in [0.25, 0.3) is 0 Å². The highest BCUT2D eigenvalue weighted by Crippen LogP contribution is 2.32. The van der Waals surface area contributed by atoms with Gasteiger partial charge in [0.15, 0.2) is 0 Å². The van der Waals surface area contributed by atoms with Gasteiger partial charge in [-0.15, -0.1) is 11.6 Å². The predicted molar refractivity (Wildman–Crippen MR) is 57.6 cm³/mol. The lowest BCUT2D eigenvalue weighted by Gasteiger charge is -2.08. The fourth-order valence-electron chi connectivity index (χ4n) is 0.895. The molecule has 14 heavy (non-hydrogen) atoms. The molecule has 0 saturated carbocycles. The molecule has 0 aliphatic rings. The third kappa shape index (κ3) is 2.53. The molecule has 0 aromatic heterocycles. The lowest BCUT2D eigenvalue weighted by molar-refractivity contribution is -0.131. The molecule has 1 aromatic rings. The van der Waals surface area contributed by atoms with Crippen LogP contribution < -0.4 is 4.74 Å². The molecular weight excluding hydrogens is 246 g/mol. The number of ether oxygens (including phenoxy) is 1. The number of hydrogen-bond acceptors (Lipinski definition) is 2. The second-order valence-corrected chi connectivity index (χ2v) is 3.64. The Kier molecular flexibility index (Phi) is 4.05. The smallest absolute Gasteiger partial charge is 0.326 e. The van der Waals surface area contributed by atoms with Crippen LogP contribution in [0.2, 0.25) is 10.0 Å². The molecule has 0 heterocycles. The van der Waals surface area contributed by atoms with Gasteiger partial charge in [-0.3, -0.25) is 4.79 Å². The number of halogens is 3. The van der Waals surface area contributed by atoms with Crippen LogP contribution in [0.15, 0.2) is 12.1 Å². The maximum Gasteiger partial charge on any atom is 0.326 e. The second-order valence-electron chi connectivity index (χ2n) is 2.59. The highest BCUT2D eigenvalue weighted by Gasteiger charge is 2.10. The molecule has 0 aliphatic heterocycles. The number of carbonyl (C=O) groups is 1. The molecule has 0 atom stereocenters. The van der Waals surface area contributed by atoms with Crippen LogP contribution in [-0.2, 0) is 4.79 Å². The van der Waals surface area contributed by atoms with E-state index in [-0.39, 0.29) is 5.88 Å². The molecule has 0 unspecified atom stereocenters. The van der Waals surface area contributed by atoms with Crippen LogP contribution >= 0.6 is 34.8 Å². The summed E-state index contributed by atoms with van der Waals surface area (Å²) in [6.07, 6.45) is 0. The van der Waals surface area contributed by atoms with Crippen molar-refractivity contribution in [2.45, 2.75) is 6.92 Å². The van der Waals surface area contributed by atoms with Crippen molar-refractivity contribution in [3.63, 3.8) is 0 Å². The molecule has 0 aliphatic carbocycles. The molecular formula is C9H7Cl3O2. The van der Waals surface area contributed by atoms with Gasteiger partial charge >= 0.3 is 5.97 Å². The third-order valence-electron chi connectivity index (χ3n) is 1.62. The Morgan fingerprint density at radius 3 is 2.64 bits per heavy atom. The largest absolute Gasteiger partial charge is 0.425 e. The van der Waals surface area contributed by atoms with Crippen molar-refractivity contribution in [3.05, 3.63) is 27.7 Å². The summed E-state index contributed by atoms with van der Waals surface area (Å²) in [7, 11) is 0. The molecule has 0 saturated heterocycles. The summed E-state index contributed by atoms with van der Waals surface area (Å²) in [6, 6.07) is 3.14. The molecule has 0 amide bonds. The van der Waals surface area contributed by atoms with Gasteiger partial charge in [0.1, 0.15) is 11.6 Å². The van der Waals surface area contributed by atoms with Crippen LogP contribution in [-0.4, -0.2) is 11.8 Å². The summed E-state index contributed by atoms with van der Waals surface area (Å²) < 4.78 is 4.92. The summed E-state index contributed by atoms with van der Waals surface area (Å²) in [6.45, 7) is 1.71. The molecule has 1 aromatic carbocycles. The summed E-state index contributed by atoms with van der Waals surface area (Å²) >= 11 is 16.9. The first kappa shape index (κ1) is 11.6. The van der Waals surface area contributed by atoms with Gasteiger partial charge in [-0.2, -0.15) is 0 Å². The van der Waals surface area contributed by atoms with Crippen molar-refractivity contribution >= 4 is 40.8 Å². The Bertz CT molecular complexity index is 363. The number of rotatable bonds is 2. The van der Waals surface area contributed by atoms with Crippen LogP contribution in [0.1, 0.15) is 5.56 Å². The Morgan fingerprint density at radius 2 is 2.07 bits per heavy atom. The van der Waals surface area contributed by atoms with E-state index in [1.807, 2.05) is 0 Å². The molecule has 5 heteroatoms. The average molecular weight is 254 g/mol. The summed E-state index contributed by atoms with van der Waals surface area (Å²) in [4.78, 5) is 10.9. The number of benzene rings is 1. The first-order valence-electron chi connectivity index (χ1n) is 3.77. The van der Waals surface area contributed by atoms with Gasteiger partial charge in [0.05, 0.1) is 10.0 Å². The van der Waals surface area contributed by atoms with E-state index in [9.17, 15) is 4.79 Å². The third-order valence-corrected chi connectivity index (χ3v) is 2.74. The summed E-state index contributed by atoms with van der Waals surface area (Å²) in [5, 5.41) is 0.807. The number of alkyl halides is 1. The van der Waals surface area contributed by atoms with E-state index >= 15 is 0 Å². The fourth-order valence-corrected chi connectivity index (χ4v) is 1.31. The summed E-state index contributed by atoms with van der Waals surface area (Å²) in [5.74, 6) is -0.335. The molecule has 0 bridgehead atoms. The van der Waals surface area contributed by atoms with Crippen molar-refractivity contribution in [2.24, 2.45) is 0 Å². The van der Waals surface area contributed by atoms with Gasteiger partial charge in [-0.25, -0.2) is 0 Å². The molecule has 2 nitrogen and oxygen atoms in total. The first-order valence-corrected chi connectivity index (χ1v) is 5.06. The molecule has 0 N–H and O–H groups in total. The Hall–Kier alpha value is -0.440. The van der Waals surface area contributed by atoms with Gasteiger partial charge in [-0.05, 0) is 19.1 Å². The van der Waals surface area contributed by atoms with Gasteiger partial charge < -0.3 is 4.74 Å². The number of carbonyl (C=O) groups excluding carboxylic acids is 1. The van der Waals surface area contributed by atoms with E-state index in [1.54, 1.807) is 19.1 Å². The van der Waals surface area contributed by atoms with E-state index in [1.165, 1.54) is 0 Å². The maximum atomic E-state index is 10.9. The van der Waals surface area contributed by atoms with E-state index < -0.39 is 5.97 Å². The zero-order chi connectivity index (χ0) is 10.7. The lowest BCUT2D eigenvalue weighted by Crippen LogP contribution is -2.09. The highest BCUT2D eigenvalue weighted by atomic mass is 35.5. The minimum Gasteiger partial charge on any atom is -0.425 e. The van der Waals surface area contributed by atoms with E-state index in [0.29, 0.717) is 21.4 Å². The molecule has 0 radical (unpaired) electrons. The monoisotopic (exact) mass is 252 g/mol. The van der Waals surface area contributed by atoms with Crippen molar-refractivity contribution in [1.82, 2.24) is 0 Å². The van der Waals surface area contributed by atoms with Crippen LogP contribution in [0.3, 0.4) is 0 Å². The first-order chi connectivity index (χ1) is 6.56. The van der Waals surface area contributed by atoms with Gasteiger partial charge in [0, 0.05) is 5.56 Å². The Labute approximate surface area is 96.7 Å². The Balaban J connectivity index is 3.00. The molecule has 76 valence electrons. The minimum absolute atomic E-state index is 0.195. The fraction of sp³-hybridized carbons (Fsp3) is 0.222. The Morgan fingerprint density at radius 1 is 1.43 bits per heavy atom. The van der Waals surface area contributed by atoms with Crippen molar-refractivity contribution in [3.8, 4) is 5.75 Å². The number of hydrogen-bond donors (Lipinski definition) is 0. The van der Waals surface area contributed by atoms with Crippen molar-refractivity contribution in [1.29, 1.82) is 0 Å². The maximum absolute atomic E-state index is 10.9. The zero-order valence-electron chi connectivity index (χ0n) is 7.31. The van der Waals surface area contributed by atoms with Crippen molar-refractivity contribution in [2.75, 3.05) is 5.88 Å². The van der Waals surface area contributed by atoms with Crippen LogP contribution in [0.5, 0.6) is 5.75 Å². The highest BCUT2D eigenvalue weighted by molar-refractivity contribution is 6.42. The van der Waals surface area contributed by atoms with Crippen LogP contribution in [0.25, 0.3) is 0 Å². The molecule has 1 rings (SSSR count). The standard InChI is InChI=1S/C9H7Cl3O2/c1-5-7(14-8(13)4-10)3-2-6(11)9(5)12/h2-3H,4H2,1H3. The van der Waals surface area contributed by atoms with E-state index in [2.05, 4.69) is 0 Å². The topological polar surface area (TPSA) is 26.3 Å². The summed E-state index contributed by atoms with van der Waals surface area (Å²) in [5.41, 5.74) is 0.623. The van der Waals surface area contributed by atoms with E-state index in [4.69, 9.17) is 39.5 Å². The zero-order valence-corrected chi connectivity index (χ0v) is 9.58. The molecule has 0 fully saturated rings. The molecule has 0 spiro atoms. The van der Waals surface area contributed by atoms with E-state index in [0.717, 1.165) is 0 Å². The predicted octanol–water partition coefficient (Wildman–Crippen LogP) is 3.45. The lowest BCUT2D eigenvalue weighted by atomic mass is 10.2. The average Bonchev–Trinajstić information content (AvgIpc) is 2.19. The van der Waals surface area contributed by atoms with Crippen LogP contribution in [0, 0.1) is 6.92 Å². The quantitative estimate of drug-likeness (QED) is 0.458. The second kappa shape index (κ2) is 4.87. The number of esters is 1. The van der Waals surface area contributed by atoms with Crippen LogP contribution in [0.4, 0.5) is 0 Å². The van der Waals surface area contributed by atoms with Gasteiger partial charge in [0.2, 0.25) is 0 Å².